The number of isocyanates is 1. The predicted octanol–water partition coefficient (Wildman–Crippen LogP) is 4.92. The van der Waals surface area contributed by atoms with Gasteiger partial charge in [-0.1, -0.05) is 41.4 Å². The number of aliphatic imine (C=N–C) groups is 1. The SMILES string of the molecule is O=C=Nc1ccc(-c2ccc(Cl)cc2)c(Cl)c1S. The standard InChI is InChI=1S/C13H7Cl2NOS/c14-9-3-1-8(2-4-9)10-5-6-11(16-7-17)13(18)12(10)15/h1-6,18H. The average Bonchev–Trinajstić information content (AvgIpc) is 2.37. The van der Waals surface area contributed by atoms with Crippen molar-refractivity contribution in [2.45, 2.75) is 4.90 Å². The molecule has 2 aromatic rings. The van der Waals surface area contributed by atoms with Crippen molar-refractivity contribution in [3.05, 3.63) is 46.4 Å². The minimum Gasteiger partial charge on any atom is -0.211 e. The molecule has 0 radical (unpaired) electrons. The lowest BCUT2D eigenvalue weighted by atomic mass is 10.1. The van der Waals surface area contributed by atoms with Gasteiger partial charge in [0.2, 0.25) is 6.08 Å². The smallest absolute Gasteiger partial charge is 0.211 e. The first-order valence-electron chi connectivity index (χ1n) is 4.98. The normalized spacial score (nSPS) is 9.94. The Hall–Kier alpha value is -1.25. The molecule has 0 bridgehead atoms. The molecule has 0 aliphatic heterocycles. The van der Waals surface area contributed by atoms with Gasteiger partial charge >= 0.3 is 0 Å². The van der Waals surface area contributed by atoms with E-state index in [1.165, 1.54) is 6.08 Å². The van der Waals surface area contributed by atoms with E-state index in [9.17, 15) is 4.79 Å². The summed E-state index contributed by atoms with van der Waals surface area (Å²) in [6.45, 7) is 0. The Morgan fingerprint density at radius 1 is 1.06 bits per heavy atom. The maximum Gasteiger partial charge on any atom is 0.240 e. The Kier molecular flexibility index (Phi) is 4.10. The highest BCUT2D eigenvalue weighted by atomic mass is 35.5. The molecule has 0 saturated carbocycles. The number of thiol groups is 1. The summed E-state index contributed by atoms with van der Waals surface area (Å²) >= 11 is 16.3. The number of halogens is 2. The molecular weight excluding hydrogens is 289 g/mol. The number of rotatable bonds is 2. The van der Waals surface area contributed by atoms with Crippen LogP contribution in [0.5, 0.6) is 0 Å². The van der Waals surface area contributed by atoms with Crippen LogP contribution in [0.15, 0.2) is 46.3 Å². The molecule has 0 atom stereocenters. The number of benzene rings is 2. The Morgan fingerprint density at radius 2 is 1.72 bits per heavy atom. The highest BCUT2D eigenvalue weighted by Gasteiger charge is 2.10. The molecule has 2 nitrogen and oxygen atoms in total. The summed E-state index contributed by atoms with van der Waals surface area (Å²) in [6, 6.07) is 10.7. The van der Waals surface area contributed by atoms with Gasteiger partial charge in [-0.2, -0.15) is 4.99 Å². The van der Waals surface area contributed by atoms with Crippen LogP contribution in [0, 0.1) is 0 Å². The van der Waals surface area contributed by atoms with Crippen LogP contribution in [0.3, 0.4) is 0 Å². The molecule has 0 aromatic heterocycles. The molecule has 0 N–H and O–H groups in total. The molecule has 0 heterocycles. The van der Waals surface area contributed by atoms with E-state index in [0.717, 1.165) is 11.1 Å². The molecule has 0 aliphatic rings. The largest absolute Gasteiger partial charge is 0.240 e. The first-order valence-corrected chi connectivity index (χ1v) is 6.19. The molecule has 0 aliphatic carbocycles. The van der Waals surface area contributed by atoms with Crippen LogP contribution in [-0.4, -0.2) is 6.08 Å². The molecular formula is C13H7Cl2NOS. The Bertz CT molecular complexity index is 634. The van der Waals surface area contributed by atoms with Gasteiger partial charge in [0.1, 0.15) is 0 Å². The molecule has 0 saturated heterocycles. The Morgan fingerprint density at radius 3 is 2.33 bits per heavy atom. The van der Waals surface area contributed by atoms with Gasteiger partial charge in [-0.05, 0) is 23.8 Å². The minimum atomic E-state index is 0.399. The van der Waals surface area contributed by atoms with Crippen molar-refractivity contribution in [1.82, 2.24) is 0 Å². The zero-order valence-corrected chi connectivity index (χ0v) is 11.4. The number of nitrogens with zero attached hydrogens (tertiary/aromatic N) is 1. The van der Waals surface area contributed by atoms with Gasteiger partial charge in [0, 0.05) is 10.6 Å². The summed E-state index contributed by atoms with van der Waals surface area (Å²) in [4.78, 5) is 14.2. The first-order chi connectivity index (χ1) is 8.63. The second kappa shape index (κ2) is 5.59. The van der Waals surface area contributed by atoms with Crippen LogP contribution in [0.2, 0.25) is 10.0 Å². The van der Waals surface area contributed by atoms with Crippen molar-refractivity contribution in [2.24, 2.45) is 4.99 Å². The third-order valence-electron chi connectivity index (χ3n) is 2.42. The third-order valence-corrected chi connectivity index (χ3v) is 3.65. The molecule has 0 amide bonds. The fourth-order valence-corrected chi connectivity index (χ4v) is 2.19. The summed E-state index contributed by atoms with van der Waals surface area (Å²) < 4.78 is 0. The zero-order valence-electron chi connectivity index (χ0n) is 9.02. The lowest BCUT2D eigenvalue weighted by Gasteiger charge is -2.08. The summed E-state index contributed by atoms with van der Waals surface area (Å²) in [7, 11) is 0. The molecule has 90 valence electrons. The maximum absolute atomic E-state index is 10.2. The van der Waals surface area contributed by atoms with Crippen LogP contribution in [0.1, 0.15) is 0 Å². The zero-order chi connectivity index (χ0) is 13.1. The summed E-state index contributed by atoms with van der Waals surface area (Å²) in [6.07, 6.45) is 1.47. The molecule has 0 unspecified atom stereocenters. The summed E-state index contributed by atoms with van der Waals surface area (Å²) in [5.41, 5.74) is 2.13. The second-order valence-corrected chi connectivity index (χ2v) is 4.77. The molecule has 2 aromatic carbocycles. The van der Waals surface area contributed by atoms with Gasteiger partial charge in [-0.3, -0.25) is 0 Å². The van der Waals surface area contributed by atoms with Crippen LogP contribution < -0.4 is 0 Å². The topological polar surface area (TPSA) is 29.4 Å². The van der Waals surface area contributed by atoms with Crippen molar-refractivity contribution in [3.63, 3.8) is 0 Å². The summed E-state index contributed by atoms with van der Waals surface area (Å²) in [5, 5.41) is 1.10. The van der Waals surface area contributed by atoms with E-state index in [-0.39, 0.29) is 0 Å². The quantitative estimate of drug-likeness (QED) is 0.476. The number of carbonyl (C=O) groups excluding carboxylic acids is 1. The lowest BCUT2D eigenvalue weighted by Crippen LogP contribution is -1.82. The van der Waals surface area contributed by atoms with Gasteiger partial charge < -0.3 is 0 Å². The average molecular weight is 296 g/mol. The van der Waals surface area contributed by atoms with Gasteiger partial charge in [-0.25, -0.2) is 4.79 Å². The molecule has 0 fully saturated rings. The van der Waals surface area contributed by atoms with Gasteiger partial charge in [0.25, 0.3) is 0 Å². The van der Waals surface area contributed by atoms with E-state index in [1.54, 1.807) is 24.3 Å². The van der Waals surface area contributed by atoms with Gasteiger partial charge in [-0.15, -0.1) is 12.6 Å². The molecule has 5 heteroatoms. The van der Waals surface area contributed by atoms with Crippen molar-refractivity contribution in [1.29, 1.82) is 0 Å². The highest BCUT2D eigenvalue weighted by molar-refractivity contribution is 7.80. The van der Waals surface area contributed by atoms with Crippen molar-refractivity contribution < 1.29 is 4.79 Å². The number of hydrogen-bond donors (Lipinski definition) is 1. The minimum absolute atomic E-state index is 0.399. The van der Waals surface area contributed by atoms with E-state index in [0.29, 0.717) is 20.6 Å². The number of hydrogen-bond acceptors (Lipinski definition) is 3. The van der Waals surface area contributed by atoms with Crippen LogP contribution in [0.25, 0.3) is 11.1 Å². The Labute approximate surface area is 120 Å². The molecule has 0 spiro atoms. The fraction of sp³-hybridized carbons (Fsp3) is 0. The fourth-order valence-electron chi connectivity index (χ4n) is 1.55. The van der Waals surface area contributed by atoms with Gasteiger partial charge in [0.15, 0.2) is 0 Å². The van der Waals surface area contributed by atoms with E-state index in [4.69, 9.17) is 23.2 Å². The van der Waals surface area contributed by atoms with Gasteiger partial charge in [0.05, 0.1) is 15.6 Å². The maximum atomic E-state index is 10.2. The highest BCUT2D eigenvalue weighted by Crippen LogP contribution is 2.38. The molecule has 18 heavy (non-hydrogen) atoms. The Balaban J connectivity index is 2.56. The second-order valence-electron chi connectivity index (χ2n) is 3.50. The van der Waals surface area contributed by atoms with Crippen LogP contribution >= 0.6 is 35.8 Å². The van der Waals surface area contributed by atoms with Crippen molar-refractivity contribution in [3.8, 4) is 11.1 Å². The van der Waals surface area contributed by atoms with E-state index >= 15 is 0 Å². The van der Waals surface area contributed by atoms with Crippen LogP contribution in [-0.2, 0) is 4.79 Å². The summed E-state index contributed by atoms with van der Waals surface area (Å²) in [5.74, 6) is 0. The first kappa shape index (κ1) is 13.2. The van der Waals surface area contributed by atoms with E-state index in [1.807, 2.05) is 12.1 Å². The monoisotopic (exact) mass is 295 g/mol. The van der Waals surface area contributed by atoms with Crippen molar-refractivity contribution in [2.75, 3.05) is 0 Å². The predicted molar refractivity (Wildman–Crippen MR) is 76.9 cm³/mol. The van der Waals surface area contributed by atoms with Crippen LogP contribution in [0.4, 0.5) is 5.69 Å². The van der Waals surface area contributed by atoms with E-state index in [2.05, 4.69) is 17.6 Å². The van der Waals surface area contributed by atoms with E-state index < -0.39 is 0 Å². The lowest BCUT2D eigenvalue weighted by molar-refractivity contribution is 0.565. The van der Waals surface area contributed by atoms with Crippen molar-refractivity contribution >= 4 is 47.6 Å². The molecule has 2 rings (SSSR count). The third kappa shape index (κ3) is 2.60.